The summed E-state index contributed by atoms with van der Waals surface area (Å²) in [5.41, 5.74) is 1.59. The Morgan fingerprint density at radius 3 is 2.50 bits per heavy atom. The van der Waals surface area contributed by atoms with Crippen molar-refractivity contribution in [2.24, 2.45) is 0 Å². The van der Waals surface area contributed by atoms with Crippen LogP contribution in [0.15, 0.2) is 47.8 Å². The molecular formula is C19H20N4O2S. The lowest BCUT2D eigenvalue weighted by Crippen LogP contribution is -2.10. The summed E-state index contributed by atoms with van der Waals surface area (Å²) in [4.78, 5) is 21.4. The summed E-state index contributed by atoms with van der Waals surface area (Å²) in [6, 6.07) is 12.9. The Kier molecular flexibility index (Phi) is 5.48. The number of ether oxygens (including phenoxy) is 1. The maximum absolute atomic E-state index is 12.1. The Bertz CT molecular complexity index is 877. The SMILES string of the molecule is Cc1nc(Nc2ccc(NC(=O)c3cccs3)cc2)cc(OC(C)C)n1. The Hall–Kier alpha value is -2.93. The van der Waals surface area contributed by atoms with E-state index < -0.39 is 0 Å². The van der Waals surface area contributed by atoms with Gasteiger partial charge in [0, 0.05) is 17.4 Å². The summed E-state index contributed by atoms with van der Waals surface area (Å²) in [5, 5.41) is 7.98. The highest BCUT2D eigenvalue weighted by molar-refractivity contribution is 7.12. The molecule has 1 amide bonds. The molecule has 0 unspecified atom stereocenters. The van der Waals surface area contributed by atoms with E-state index >= 15 is 0 Å². The number of hydrogen-bond acceptors (Lipinski definition) is 6. The van der Waals surface area contributed by atoms with E-state index in [0.717, 1.165) is 11.4 Å². The molecule has 0 bridgehead atoms. The summed E-state index contributed by atoms with van der Waals surface area (Å²) < 4.78 is 5.63. The van der Waals surface area contributed by atoms with Crippen LogP contribution in [0.5, 0.6) is 5.88 Å². The molecule has 0 atom stereocenters. The Morgan fingerprint density at radius 2 is 1.85 bits per heavy atom. The summed E-state index contributed by atoms with van der Waals surface area (Å²) in [6.07, 6.45) is 0.0448. The number of amides is 1. The van der Waals surface area contributed by atoms with Crippen molar-refractivity contribution in [1.82, 2.24) is 9.97 Å². The average molecular weight is 368 g/mol. The predicted molar refractivity (Wildman–Crippen MR) is 105 cm³/mol. The van der Waals surface area contributed by atoms with E-state index in [1.807, 2.05) is 56.5 Å². The molecule has 0 saturated heterocycles. The van der Waals surface area contributed by atoms with Crippen molar-refractivity contribution in [3.05, 3.63) is 58.5 Å². The maximum atomic E-state index is 12.1. The Balaban J connectivity index is 1.67. The number of hydrogen-bond donors (Lipinski definition) is 2. The van der Waals surface area contributed by atoms with Crippen molar-refractivity contribution in [2.45, 2.75) is 26.9 Å². The van der Waals surface area contributed by atoms with Gasteiger partial charge in [0.05, 0.1) is 11.0 Å². The van der Waals surface area contributed by atoms with Crippen LogP contribution >= 0.6 is 11.3 Å². The van der Waals surface area contributed by atoms with Gasteiger partial charge in [-0.15, -0.1) is 11.3 Å². The molecule has 134 valence electrons. The molecule has 1 aromatic carbocycles. The van der Waals surface area contributed by atoms with E-state index in [9.17, 15) is 4.79 Å². The molecule has 3 rings (SSSR count). The van der Waals surface area contributed by atoms with Gasteiger partial charge in [-0.3, -0.25) is 4.79 Å². The van der Waals surface area contributed by atoms with E-state index in [4.69, 9.17) is 4.74 Å². The van der Waals surface area contributed by atoms with Crippen LogP contribution in [0, 0.1) is 6.92 Å². The van der Waals surface area contributed by atoms with Crippen LogP contribution < -0.4 is 15.4 Å². The first-order chi connectivity index (χ1) is 12.5. The van der Waals surface area contributed by atoms with Crippen LogP contribution in [-0.4, -0.2) is 22.0 Å². The molecule has 0 aliphatic heterocycles. The molecule has 2 aromatic heterocycles. The minimum absolute atomic E-state index is 0.0448. The molecule has 2 N–H and O–H groups in total. The summed E-state index contributed by atoms with van der Waals surface area (Å²) in [5.74, 6) is 1.71. The van der Waals surface area contributed by atoms with Gasteiger partial charge in [0.1, 0.15) is 11.6 Å². The fourth-order valence-electron chi connectivity index (χ4n) is 2.29. The van der Waals surface area contributed by atoms with Gasteiger partial charge >= 0.3 is 0 Å². The van der Waals surface area contributed by atoms with Crippen LogP contribution in [0.2, 0.25) is 0 Å². The quantitative estimate of drug-likeness (QED) is 0.663. The smallest absolute Gasteiger partial charge is 0.265 e. The molecule has 0 spiro atoms. The maximum Gasteiger partial charge on any atom is 0.265 e. The van der Waals surface area contributed by atoms with Gasteiger partial charge in [-0.25, -0.2) is 4.98 Å². The lowest BCUT2D eigenvalue weighted by atomic mass is 10.2. The zero-order chi connectivity index (χ0) is 18.5. The normalized spacial score (nSPS) is 10.6. The minimum Gasteiger partial charge on any atom is -0.475 e. The number of carbonyl (C=O) groups excluding carboxylic acids is 1. The number of aromatic nitrogens is 2. The van der Waals surface area contributed by atoms with Crippen LogP contribution in [-0.2, 0) is 0 Å². The zero-order valence-electron chi connectivity index (χ0n) is 14.8. The number of rotatable bonds is 6. The van der Waals surface area contributed by atoms with Crippen molar-refractivity contribution < 1.29 is 9.53 Å². The van der Waals surface area contributed by atoms with E-state index in [2.05, 4.69) is 20.6 Å². The van der Waals surface area contributed by atoms with Crippen molar-refractivity contribution in [3.63, 3.8) is 0 Å². The van der Waals surface area contributed by atoms with Gasteiger partial charge < -0.3 is 15.4 Å². The fourth-order valence-corrected chi connectivity index (χ4v) is 2.91. The molecule has 0 aliphatic rings. The molecule has 0 fully saturated rings. The lowest BCUT2D eigenvalue weighted by molar-refractivity contribution is 0.103. The van der Waals surface area contributed by atoms with Gasteiger partial charge in [0.25, 0.3) is 5.91 Å². The number of anilines is 3. The molecular weight excluding hydrogens is 348 g/mol. The van der Waals surface area contributed by atoms with Crippen molar-refractivity contribution >= 4 is 34.4 Å². The van der Waals surface area contributed by atoms with Crippen molar-refractivity contribution in [3.8, 4) is 5.88 Å². The standard InChI is InChI=1S/C19H20N4O2S/c1-12(2)25-18-11-17(20-13(3)21-18)22-14-6-8-15(9-7-14)23-19(24)16-5-4-10-26-16/h4-12H,1-3H3,(H,23,24)(H,20,21,22). The summed E-state index contributed by atoms with van der Waals surface area (Å²) in [7, 11) is 0. The molecule has 2 heterocycles. The molecule has 7 heteroatoms. The zero-order valence-corrected chi connectivity index (χ0v) is 15.6. The highest BCUT2D eigenvalue weighted by atomic mass is 32.1. The third-order valence-corrected chi connectivity index (χ3v) is 4.20. The van der Waals surface area contributed by atoms with Crippen molar-refractivity contribution in [2.75, 3.05) is 10.6 Å². The van der Waals surface area contributed by atoms with Gasteiger partial charge in [-0.1, -0.05) is 6.07 Å². The van der Waals surface area contributed by atoms with Gasteiger partial charge in [-0.05, 0) is 56.5 Å². The molecule has 0 aliphatic carbocycles. The van der Waals surface area contributed by atoms with E-state index in [1.165, 1.54) is 11.3 Å². The van der Waals surface area contributed by atoms with Gasteiger partial charge in [-0.2, -0.15) is 4.98 Å². The summed E-state index contributed by atoms with van der Waals surface area (Å²) >= 11 is 1.41. The fraction of sp³-hybridized carbons (Fsp3) is 0.211. The van der Waals surface area contributed by atoms with Gasteiger partial charge in [0.15, 0.2) is 0 Å². The number of nitrogens with zero attached hydrogens (tertiary/aromatic N) is 2. The number of nitrogens with one attached hydrogen (secondary N) is 2. The largest absolute Gasteiger partial charge is 0.475 e. The predicted octanol–water partition coefficient (Wildman–Crippen LogP) is 4.63. The Morgan fingerprint density at radius 1 is 1.12 bits per heavy atom. The van der Waals surface area contributed by atoms with Gasteiger partial charge in [0.2, 0.25) is 5.88 Å². The number of aryl methyl sites for hydroxylation is 1. The van der Waals surface area contributed by atoms with E-state index in [-0.39, 0.29) is 12.0 Å². The number of carbonyl (C=O) groups is 1. The van der Waals surface area contributed by atoms with Crippen LogP contribution in [0.1, 0.15) is 29.3 Å². The van der Waals surface area contributed by atoms with E-state index in [1.54, 1.807) is 12.1 Å². The second kappa shape index (κ2) is 7.97. The van der Waals surface area contributed by atoms with Crippen LogP contribution in [0.3, 0.4) is 0 Å². The Labute approximate surface area is 156 Å². The monoisotopic (exact) mass is 368 g/mol. The molecule has 26 heavy (non-hydrogen) atoms. The first-order valence-corrected chi connectivity index (χ1v) is 9.12. The number of thiophene rings is 1. The van der Waals surface area contributed by atoms with Crippen LogP contribution in [0.4, 0.5) is 17.2 Å². The molecule has 3 aromatic rings. The second-order valence-electron chi connectivity index (χ2n) is 5.94. The third kappa shape index (κ3) is 4.80. The molecule has 6 nitrogen and oxygen atoms in total. The molecule has 0 radical (unpaired) electrons. The summed E-state index contributed by atoms with van der Waals surface area (Å²) in [6.45, 7) is 5.73. The highest BCUT2D eigenvalue weighted by Crippen LogP contribution is 2.21. The van der Waals surface area contributed by atoms with Crippen molar-refractivity contribution in [1.29, 1.82) is 0 Å². The minimum atomic E-state index is -0.109. The number of benzene rings is 1. The topological polar surface area (TPSA) is 76.1 Å². The first kappa shape index (κ1) is 17.9. The first-order valence-electron chi connectivity index (χ1n) is 8.24. The average Bonchev–Trinajstić information content (AvgIpc) is 3.10. The molecule has 0 saturated carbocycles. The lowest BCUT2D eigenvalue weighted by Gasteiger charge is -2.12. The van der Waals surface area contributed by atoms with E-state index in [0.29, 0.717) is 22.4 Å². The second-order valence-corrected chi connectivity index (χ2v) is 6.89. The van der Waals surface area contributed by atoms with Crippen LogP contribution in [0.25, 0.3) is 0 Å². The highest BCUT2D eigenvalue weighted by Gasteiger charge is 2.08. The third-order valence-electron chi connectivity index (χ3n) is 3.33.